The lowest BCUT2D eigenvalue weighted by Gasteiger charge is -2.32. The van der Waals surface area contributed by atoms with Crippen LogP contribution in [0.15, 0.2) is 30.0 Å². The number of benzene rings is 1. The quantitative estimate of drug-likeness (QED) is 0.557. The molecule has 2 aliphatic heterocycles. The van der Waals surface area contributed by atoms with Gasteiger partial charge in [0.05, 0.1) is 31.4 Å². The topological polar surface area (TPSA) is 59.1 Å². The first kappa shape index (κ1) is 23.3. The molecule has 1 aromatic carbocycles. The third-order valence-corrected chi connectivity index (χ3v) is 5.74. The Balaban J connectivity index is 1.87. The third-order valence-electron chi connectivity index (χ3n) is 5.74. The van der Waals surface area contributed by atoms with Crippen molar-refractivity contribution in [1.82, 2.24) is 9.80 Å². The maximum atomic E-state index is 13.3. The molecular weight excluding hydrogens is 392 g/mol. The van der Waals surface area contributed by atoms with E-state index in [0.717, 1.165) is 37.2 Å². The molecule has 0 aromatic heterocycles. The molecule has 0 N–H and O–H groups in total. The van der Waals surface area contributed by atoms with Crippen molar-refractivity contribution < 1.29 is 19.1 Å². The number of carbonyl (C=O) groups excluding carboxylic acids is 2. The van der Waals surface area contributed by atoms with Crippen molar-refractivity contribution in [1.29, 1.82) is 0 Å². The summed E-state index contributed by atoms with van der Waals surface area (Å²) in [5, 5.41) is 0. The molecule has 0 atom stereocenters. The van der Waals surface area contributed by atoms with Gasteiger partial charge < -0.3 is 14.4 Å². The van der Waals surface area contributed by atoms with E-state index in [1.165, 1.54) is 4.90 Å². The molecule has 0 aliphatic carbocycles. The van der Waals surface area contributed by atoms with Crippen molar-refractivity contribution in [3.8, 4) is 5.75 Å². The zero-order valence-electron chi connectivity index (χ0n) is 19.5. The van der Waals surface area contributed by atoms with E-state index < -0.39 is 0 Å². The number of hydrogen-bond acceptors (Lipinski definition) is 5. The van der Waals surface area contributed by atoms with Crippen LogP contribution in [0.25, 0.3) is 5.57 Å². The highest BCUT2D eigenvalue weighted by Gasteiger charge is 2.41. The van der Waals surface area contributed by atoms with Crippen molar-refractivity contribution >= 4 is 17.4 Å². The lowest BCUT2D eigenvalue weighted by atomic mass is 9.97. The zero-order chi connectivity index (χ0) is 22.5. The summed E-state index contributed by atoms with van der Waals surface area (Å²) in [7, 11) is 0. The largest absolute Gasteiger partial charge is 0.493 e. The average molecular weight is 429 g/mol. The molecule has 1 fully saturated rings. The molecule has 0 bridgehead atoms. The lowest BCUT2D eigenvalue weighted by molar-refractivity contribution is -0.138. The number of piperidine rings is 1. The molecule has 1 aromatic rings. The SMILES string of the molecule is CC(C)COc1ccc(C2=C(N3CCC(C)CC3)C(=O)N(CCOC(C)C)C2=O)cc1. The normalized spacial score (nSPS) is 18.2. The van der Waals surface area contributed by atoms with Crippen LogP contribution in [0.5, 0.6) is 5.75 Å². The van der Waals surface area contributed by atoms with Crippen LogP contribution in [0.2, 0.25) is 0 Å². The summed E-state index contributed by atoms with van der Waals surface area (Å²) in [5.41, 5.74) is 1.80. The van der Waals surface area contributed by atoms with Gasteiger partial charge in [0.1, 0.15) is 11.4 Å². The third kappa shape index (κ3) is 5.67. The Hall–Kier alpha value is -2.34. The van der Waals surface area contributed by atoms with Crippen molar-refractivity contribution in [3.05, 3.63) is 35.5 Å². The fourth-order valence-electron chi connectivity index (χ4n) is 3.91. The number of hydrogen-bond donors (Lipinski definition) is 0. The van der Waals surface area contributed by atoms with Crippen molar-refractivity contribution in [2.75, 3.05) is 32.8 Å². The van der Waals surface area contributed by atoms with Gasteiger partial charge >= 0.3 is 0 Å². The second-order valence-electron chi connectivity index (χ2n) is 9.30. The zero-order valence-corrected chi connectivity index (χ0v) is 19.5. The van der Waals surface area contributed by atoms with E-state index in [1.54, 1.807) is 0 Å². The molecule has 3 rings (SSSR count). The molecule has 1 saturated heterocycles. The minimum Gasteiger partial charge on any atom is -0.493 e. The molecule has 6 heteroatoms. The maximum Gasteiger partial charge on any atom is 0.277 e. The molecule has 2 heterocycles. The van der Waals surface area contributed by atoms with Gasteiger partial charge in [0, 0.05) is 13.1 Å². The van der Waals surface area contributed by atoms with Crippen LogP contribution in [0.1, 0.15) is 53.0 Å². The highest BCUT2D eigenvalue weighted by Crippen LogP contribution is 2.34. The summed E-state index contributed by atoms with van der Waals surface area (Å²) in [6.07, 6.45) is 2.11. The number of rotatable bonds is 9. The van der Waals surface area contributed by atoms with Crippen LogP contribution in [-0.2, 0) is 14.3 Å². The molecule has 0 spiro atoms. The van der Waals surface area contributed by atoms with E-state index in [1.807, 2.05) is 38.1 Å². The van der Waals surface area contributed by atoms with Crippen molar-refractivity contribution in [3.63, 3.8) is 0 Å². The number of imide groups is 1. The predicted molar refractivity (Wildman–Crippen MR) is 121 cm³/mol. The molecule has 31 heavy (non-hydrogen) atoms. The maximum absolute atomic E-state index is 13.3. The number of ether oxygens (including phenoxy) is 2. The smallest absolute Gasteiger partial charge is 0.277 e. The monoisotopic (exact) mass is 428 g/mol. The molecule has 0 saturated carbocycles. The van der Waals surface area contributed by atoms with Crippen molar-refractivity contribution in [2.24, 2.45) is 11.8 Å². The fraction of sp³-hybridized carbons (Fsp3) is 0.600. The summed E-state index contributed by atoms with van der Waals surface area (Å²) in [6.45, 7) is 13.2. The molecule has 6 nitrogen and oxygen atoms in total. The lowest BCUT2D eigenvalue weighted by Crippen LogP contribution is -2.39. The number of amides is 2. The summed E-state index contributed by atoms with van der Waals surface area (Å²) in [4.78, 5) is 30.1. The Kier molecular flexibility index (Phi) is 7.76. The van der Waals surface area contributed by atoms with Crippen LogP contribution in [0, 0.1) is 11.8 Å². The molecular formula is C25H36N2O4. The van der Waals surface area contributed by atoms with Gasteiger partial charge in [-0.3, -0.25) is 14.5 Å². The summed E-state index contributed by atoms with van der Waals surface area (Å²) in [5.74, 6) is 1.40. The number of likely N-dealkylation sites (tertiary alicyclic amines) is 1. The van der Waals surface area contributed by atoms with Crippen LogP contribution >= 0.6 is 0 Å². The minimum absolute atomic E-state index is 0.0571. The first-order chi connectivity index (χ1) is 14.8. The van der Waals surface area contributed by atoms with Gasteiger partial charge in [0.25, 0.3) is 11.8 Å². The Morgan fingerprint density at radius 3 is 2.23 bits per heavy atom. The van der Waals surface area contributed by atoms with E-state index in [-0.39, 0.29) is 24.5 Å². The molecule has 2 aliphatic rings. The van der Waals surface area contributed by atoms with Crippen LogP contribution in [0.4, 0.5) is 0 Å². The van der Waals surface area contributed by atoms with E-state index in [4.69, 9.17) is 9.47 Å². The Morgan fingerprint density at radius 2 is 1.65 bits per heavy atom. The second kappa shape index (κ2) is 10.3. The van der Waals surface area contributed by atoms with Crippen LogP contribution in [0.3, 0.4) is 0 Å². The summed E-state index contributed by atoms with van der Waals surface area (Å²) in [6, 6.07) is 7.53. The minimum atomic E-state index is -0.234. The predicted octanol–water partition coefficient (Wildman–Crippen LogP) is 3.96. The van der Waals surface area contributed by atoms with E-state index in [9.17, 15) is 9.59 Å². The number of nitrogens with zero attached hydrogens (tertiary/aromatic N) is 2. The van der Waals surface area contributed by atoms with E-state index in [2.05, 4.69) is 25.7 Å². The molecule has 170 valence electrons. The van der Waals surface area contributed by atoms with Gasteiger partial charge in [-0.05, 0) is 56.2 Å². The highest BCUT2D eigenvalue weighted by molar-refractivity contribution is 6.35. The molecule has 0 unspecified atom stereocenters. The van der Waals surface area contributed by atoms with Gasteiger partial charge in [-0.25, -0.2) is 0 Å². The molecule has 2 amide bonds. The van der Waals surface area contributed by atoms with Gasteiger partial charge in [-0.1, -0.05) is 32.9 Å². The van der Waals surface area contributed by atoms with Crippen LogP contribution < -0.4 is 4.74 Å². The Morgan fingerprint density at radius 1 is 1.00 bits per heavy atom. The number of carbonyl (C=O) groups is 2. The van der Waals surface area contributed by atoms with E-state index in [0.29, 0.717) is 36.3 Å². The van der Waals surface area contributed by atoms with E-state index >= 15 is 0 Å². The van der Waals surface area contributed by atoms with Gasteiger partial charge in [0.15, 0.2) is 0 Å². The summed E-state index contributed by atoms with van der Waals surface area (Å²) >= 11 is 0. The first-order valence-corrected chi connectivity index (χ1v) is 11.5. The van der Waals surface area contributed by atoms with Gasteiger partial charge in [-0.15, -0.1) is 0 Å². The molecule has 0 radical (unpaired) electrons. The Labute approximate surface area is 186 Å². The fourth-order valence-corrected chi connectivity index (χ4v) is 3.91. The van der Waals surface area contributed by atoms with Gasteiger partial charge in [-0.2, -0.15) is 0 Å². The Bertz CT molecular complexity index is 805. The second-order valence-corrected chi connectivity index (χ2v) is 9.30. The summed E-state index contributed by atoms with van der Waals surface area (Å²) < 4.78 is 11.4. The van der Waals surface area contributed by atoms with Crippen molar-refractivity contribution in [2.45, 2.75) is 53.6 Å². The average Bonchev–Trinajstić information content (AvgIpc) is 2.97. The standard InChI is InChI=1S/C25H36N2O4/c1-17(2)16-31-21-8-6-20(7-9-21)22-23(26-12-10-19(5)11-13-26)25(29)27(24(22)28)14-15-30-18(3)4/h6-9,17-19H,10-16H2,1-5H3. The highest BCUT2D eigenvalue weighted by atomic mass is 16.5. The van der Waals surface area contributed by atoms with Gasteiger partial charge in [0.2, 0.25) is 0 Å². The van der Waals surface area contributed by atoms with Crippen LogP contribution in [-0.4, -0.2) is 60.6 Å². The first-order valence-electron chi connectivity index (χ1n) is 11.5.